The molecule has 1 heterocycles. The van der Waals surface area contributed by atoms with Crippen LogP contribution >= 0.6 is 0 Å². The minimum Gasteiger partial charge on any atom is -0.398 e. The number of hydrogen-bond donors (Lipinski definition) is 2. The first-order chi connectivity index (χ1) is 15.0. The van der Waals surface area contributed by atoms with Crippen molar-refractivity contribution in [2.75, 3.05) is 11.1 Å². The van der Waals surface area contributed by atoms with E-state index in [1.807, 2.05) is 31.2 Å². The van der Waals surface area contributed by atoms with Crippen molar-refractivity contribution in [3.8, 4) is 5.69 Å². The Bertz CT molecular complexity index is 1420. The number of para-hydroxylation sites is 1. The van der Waals surface area contributed by atoms with Gasteiger partial charge in [-0.3, -0.25) is 0 Å². The first-order valence-electron chi connectivity index (χ1n) is 10.4. The fraction of sp³-hybridized carbons (Fsp3) is 0.111. The molecular formula is C27H25N4+. The number of nitrogens with one attached hydrogen (secondary N) is 1. The van der Waals surface area contributed by atoms with Gasteiger partial charge in [-0.05, 0) is 56.2 Å². The molecule has 0 amide bonds. The molecule has 0 radical (unpaired) electrons. The second-order valence-corrected chi connectivity index (χ2v) is 8.13. The van der Waals surface area contributed by atoms with E-state index in [0.29, 0.717) is 0 Å². The molecular weight excluding hydrogens is 380 g/mol. The lowest BCUT2D eigenvalue weighted by Crippen LogP contribution is -2.33. The molecule has 0 spiro atoms. The minimum atomic E-state index is 0.768. The zero-order valence-electron chi connectivity index (χ0n) is 18.0. The van der Waals surface area contributed by atoms with E-state index in [2.05, 4.69) is 78.3 Å². The Balaban J connectivity index is 1.83. The maximum absolute atomic E-state index is 6.30. The average molecular weight is 406 g/mol. The van der Waals surface area contributed by atoms with Gasteiger partial charge in [0.15, 0.2) is 0 Å². The van der Waals surface area contributed by atoms with Gasteiger partial charge >= 0.3 is 0 Å². The lowest BCUT2D eigenvalue weighted by Gasteiger charge is -2.12. The van der Waals surface area contributed by atoms with E-state index in [1.165, 1.54) is 5.56 Å². The molecule has 0 fully saturated rings. The van der Waals surface area contributed by atoms with Crippen LogP contribution in [-0.2, 0) is 0 Å². The molecule has 0 bridgehead atoms. The second kappa shape index (κ2) is 7.40. The SMILES string of the molecule is Cc1ccc(-[n+]2c3cc(N)c(C)cc3nc3cc(C)c(Nc4ccccc4)cc32)cc1. The summed E-state index contributed by atoms with van der Waals surface area (Å²) in [5.74, 6) is 0. The molecule has 0 atom stereocenters. The van der Waals surface area contributed by atoms with Crippen LogP contribution in [0.4, 0.5) is 17.1 Å². The Morgan fingerprint density at radius 3 is 2.10 bits per heavy atom. The van der Waals surface area contributed by atoms with Crippen molar-refractivity contribution >= 4 is 39.1 Å². The molecule has 3 N–H and O–H groups in total. The lowest BCUT2D eigenvalue weighted by atomic mass is 10.1. The Morgan fingerprint density at radius 1 is 0.742 bits per heavy atom. The van der Waals surface area contributed by atoms with Crippen LogP contribution in [-0.4, -0.2) is 4.98 Å². The highest BCUT2D eigenvalue weighted by Crippen LogP contribution is 2.28. The highest BCUT2D eigenvalue weighted by atomic mass is 15.0. The number of rotatable bonds is 3. The van der Waals surface area contributed by atoms with Crippen LogP contribution in [0.3, 0.4) is 0 Å². The van der Waals surface area contributed by atoms with Crippen molar-refractivity contribution in [2.24, 2.45) is 0 Å². The summed E-state index contributed by atoms with van der Waals surface area (Å²) < 4.78 is 2.25. The summed E-state index contributed by atoms with van der Waals surface area (Å²) in [6.07, 6.45) is 0. The van der Waals surface area contributed by atoms with Crippen LogP contribution in [0.25, 0.3) is 27.8 Å². The summed E-state index contributed by atoms with van der Waals surface area (Å²) >= 11 is 0. The zero-order chi connectivity index (χ0) is 21.5. The highest BCUT2D eigenvalue weighted by molar-refractivity contribution is 5.88. The topological polar surface area (TPSA) is 54.8 Å². The van der Waals surface area contributed by atoms with Crippen molar-refractivity contribution in [2.45, 2.75) is 20.8 Å². The number of fused-ring (bicyclic) bond motifs is 2. The summed E-state index contributed by atoms with van der Waals surface area (Å²) in [5, 5.41) is 3.55. The van der Waals surface area contributed by atoms with E-state index in [1.54, 1.807) is 0 Å². The van der Waals surface area contributed by atoms with E-state index in [0.717, 1.165) is 55.9 Å². The van der Waals surface area contributed by atoms with Gasteiger partial charge in [-0.1, -0.05) is 35.9 Å². The second-order valence-electron chi connectivity index (χ2n) is 8.13. The monoisotopic (exact) mass is 405 g/mol. The lowest BCUT2D eigenvalue weighted by molar-refractivity contribution is -0.538. The van der Waals surface area contributed by atoms with E-state index in [9.17, 15) is 0 Å². The predicted molar refractivity (Wildman–Crippen MR) is 129 cm³/mol. The van der Waals surface area contributed by atoms with Crippen LogP contribution in [0, 0.1) is 20.8 Å². The third-order valence-corrected chi connectivity index (χ3v) is 5.75. The van der Waals surface area contributed by atoms with Crippen LogP contribution < -0.4 is 15.6 Å². The number of hydrogen-bond acceptors (Lipinski definition) is 3. The fourth-order valence-corrected chi connectivity index (χ4v) is 3.96. The molecule has 0 aliphatic heterocycles. The van der Waals surface area contributed by atoms with Crippen LogP contribution in [0.1, 0.15) is 16.7 Å². The quantitative estimate of drug-likeness (QED) is 0.223. The number of benzene rings is 4. The molecule has 5 aromatic rings. The molecule has 0 saturated heterocycles. The summed E-state index contributed by atoms with van der Waals surface area (Å²) in [6, 6.07) is 27.2. The smallest absolute Gasteiger partial charge is 0.239 e. The van der Waals surface area contributed by atoms with E-state index < -0.39 is 0 Å². The van der Waals surface area contributed by atoms with Gasteiger partial charge in [0.1, 0.15) is 11.0 Å². The minimum absolute atomic E-state index is 0.768. The van der Waals surface area contributed by atoms with Gasteiger partial charge in [0.2, 0.25) is 16.7 Å². The van der Waals surface area contributed by atoms with Crippen molar-refractivity contribution in [1.82, 2.24) is 4.98 Å². The van der Waals surface area contributed by atoms with Gasteiger partial charge in [0.05, 0.1) is 0 Å². The average Bonchev–Trinajstić information content (AvgIpc) is 2.76. The van der Waals surface area contributed by atoms with Gasteiger partial charge in [0.25, 0.3) is 0 Å². The van der Waals surface area contributed by atoms with E-state index in [4.69, 9.17) is 10.7 Å². The molecule has 0 aliphatic rings. The summed E-state index contributed by atoms with van der Waals surface area (Å²) in [7, 11) is 0. The summed E-state index contributed by atoms with van der Waals surface area (Å²) in [5.41, 5.74) is 17.6. The molecule has 4 heteroatoms. The number of nitrogens with two attached hydrogens (primary N) is 1. The Hall–Kier alpha value is -3.92. The van der Waals surface area contributed by atoms with E-state index >= 15 is 0 Å². The van der Waals surface area contributed by atoms with Crippen molar-refractivity contribution in [3.63, 3.8) is 0 Å². The molecule has 4 aromatic carbocycles. The number of aromatic nitrogens is 2. The Labute approximate surface area is 182 Å². The molecule has 0 unspecified atom stereocenters. The summed E-state index contributed by atoms with van der Waals surface area (Å²) in [4.78, 5) is 4.99. The number of nitrogen functional groups attached to an aromatic ring is 1. The van der Waals surface area contributed by atoms with Crippen LogP contribution in [0.2, 0.25) is 0 Å². The maximum Gasteiger partial charge on any atom is 0.239 e. The Morgan fingerprint density at radius 2 is 1.39 bits per heavy atom. The van der Waals surface area contributed by atoms with Crippen LogP contribution in [0.5, 0.6) is 0 Å². The van der Waals surface area contributed by atoms with Crippen molar-refractivity contribution in [3.05, 3.63) is 95.6 Å². The standard InChI is InChI=1S/C27H24N4/c1-17-9-11-21(12-10-17)31-26-15-22(28)18(2)13-24(26)30-25-14-19(3)23(16-27(25)31)29-20-7-5-4-6-8-20/h4-16H,1-3H3,(H2,28,29)/p+1. The molecule has 0 aliphatic carbocycles. The first-order valence-corrected chi connectivity index (χ1v) is 10.4. The fourth-order valence-electron chi connectivity index (χ4n) is 3.96. The molecule has 152 valence electrons. The number of anilines is 3. The highest BCUT2D eigenvalue weighted by Gasteiger charge is 2.22. The molecule has 31 heavy (non-hydrogen) atoms. The maximum atomic E-state index is 6.30. The number of nitrogens with zero attached hydrogens (tertiary/aromatic N) is 2. The largest absolute Gasteiger partial charge is 0.398 e. The summed E-state index contributed by atoms with van der Waals surface area (Å²) in [6.45, 7) is 6.24. The molecule has 5 rings (SSSR count). The van der Waals surface area contributed by atoms with Gasteiger partial charge in [-0.2, -0.15) is 0 Å². The molecule has 4 nitrogen and oxygen atoms in total. The zero-order valence-corrected chi connectivity index (χ0v) is 18.0. The normalized spacial score (nSPS) is 11.2. The van der Waals surface area contributed by atoms with Gasteiger partial charge in [-0.15, -0.1) is 4.57 Å². The van der Waals surface area contributed by atoms with Gasteiger partial charge in [0, 0.05) is 41.3 Å². The van der Waals surface area contributed by atoms with Crippen molar-refractivity contribution < 1.29 is 4.57 Å². The Kier molecular flexibility index (Phi) is 4.55. The first kappa shape index (κ1) is 19.1. The molecule has 1 aromatic heterocycles. The predicted octanol–water partition coefficient (Wildman–Crippen LogP) is 5.92. The van der Waals surface area contributed by atoms with Gasteiger partial charge < -0.3 is 11.1 Å². The van der Waals surface area contributed by atoms with E-state index in [-0.39, 0.29) is 0 Å². The van der Waals surface area contributed by atoms with Crippen LogP contribution in [0.15, 0.2) is 78.9 Å². The van der Waals surface area contributed by atoms with Gasteiger partial charge in [-0.25, -0.2) is 4.98 Å². The third-order valence-electron chi connectivity index (χ3n) is 5.75. The molecule has 0 saturated carbocycles. The third kappa shape index (κ3) is 3.46. The van der Waals surface area contributed by atoms with Crippen molar-refractivity contribution in [1.29, 1.82) is 0 Å². The number of aryl methyl sites for hydroxylation is 3.